The largest absolute Gasteiger partial charge is 0.444 e. The molecule has 1 aromatic heterocycles. The van der Waals surface area contributed by atoms with Gasteiger partial charge in [-0.3, -0.25) is 4.99 Å². The number of H-pyrrole nitrogens is 1. The Hall–Kier alpha value is -2.74. The van der Waals surface area contributed by atoms with Gasteiger partial charge in [-0.25, -0.2) is 9.78 Å². The zero-order chi connectivity index (χ0) is 24.1. The van der Waals surface area contributed by atoms with Gasteiger partial charge < -0.3 is 20.4 Å². The van der Waals surface area contributed by atoms with Gasteiger partial charge in [0.15, 0.2) is 5.82 Å². The van der Waals surface area contributed by atoms with Crippen molar-refractivity contribution in [1.29, 1.82) is 0 Å². The van der Waals surface area contributed by atoms with Crippen molar-refractivity contribution in [3.05, 3.63) is 64.7 Å². The number of aromatic amines is 1. The summed E-state index contributed by atoms with van der Waals surface area (Å²) >= 11 is 1.66. The van der Waals surface area contributed by atoms with Crippen LogP contribution in [0, 0.1) is 0 Å². The molecule has 1 aliphatic heterocycles. The van der Waals surface area contributed by atoms with Crippen LogP contribution in [0.5, 0.6) is 0 Å². The summed E-state index contributed by atoms with van der Waals surface area (Å²) < 4.78 is 5.50. The third-order valence-corrected chi connectivity index (χ3v) is 7.00. The van der Waals surface area contributed by atoms with Gasteiger partial charge in [-0.05, 0) is 58.1 Å². The van der Waals surface area contributed by atoms with Gasteiger partial charge in [0.25, 0.3) is 0 Å². The van der Waals surface area contributed by atoms with Crippen LogP contribution in [0.4, 0.5) is 4.79 Å². The van der Waals surface area contributed by atoms with Gasteiger partial charge in [0.1, 0.15) is 11.3 Å². The molecule has 3 N–H and O–H groups in total. The molecular formula is C26H35N5O2S. The highest BCUT2D eigenvalue weighted by molar-refractivity contribution is 8.03. The lowest BCUT2D eigenvalue weighted by Crippen LogP contribution is -2.42. The number of carbonyl (C=O) groups is 1. The number of allylic oxidation sites excluding steroid dienone is 1. The van der Waals surface area contributed by atoms with Gasteiger partial charge in [0, 0.05) is 36.1 Å². The topological polar surface area (TPSA) is 96.6 Å². The molecule has 1 aliphatic carbocycles. The van der Waals surface area contributed by atoms with Crippen molar-refractivity contribution in [3.63, 3.8) is 0 Å². The van der Waals surface area contributed by atoms with Crippen LogP contribution in [-0.2, 0) is 11.3 Å². The van der Waals surface area contributed by atoms with Crippen LogP contribution in [0.25, 0.3) is 0 Å². The number of ether oxygens (including phenoxy) is 1. The first-order chi connectivity index (χ1) is 16.3. The maximum atomic E-state index is 12.3. The number of likely N-dealkylation sites (tertiary alicyclic amines) is 1. The van der Waals surface area contributed by atoms with E-state index in [0.717, 1.165) is 29.9 Å². The number of nitrogens with one attached hydrogen (secondary N) is 1. The molecule has 2 aromatic rings. The zero-order valence-corrected chi connectivity index (χ0v) is 21.1. The predicted molar refractivity (Wildman–Crippen MR) is 138 cm³/mol. The lowest BCUT2D eigenvalue weighted by atomic mass is 10.1. The van der Waals surface area contributed by atoms with Crippen LogP contribution in [0.1, 0.15) is 69.5 Å². The molecule has 4 rings (SSSR count). The summed E-state index contributed by atoms with van der Waals surface area (Å²) in [4.78, 5) is 27.0. The number of amides is 1. The fourth-order valence-corrected chi connectivity index (χ4v) is 4.87. The van der Waals surface area contributed by atoms with Crippen molar-refractivity contribution in [2.75, 3.05) is 13.1 Å². The van der Waals surface area contributed by atoms with Gasteiger partial charge in [0.05, 0.1) is 11.6 Å². The van der Waals surface area contributed by atoms with Crippen LogP contribution in [0.3, 0.4) is 0 Å². The fourth-order valence-electron chi connectivity index (χ4n) is 3.86. The van der Waals surface area contributed by atoms with E-state index in [4.69, 9.17) is 15.5 Å². The number of thioether (sulfide) groups is 1. The number of imidazole rings is 1. The zero-order valence-electron chi connectivity index (χ0n) is 20.3. The van der Waals surface area contributed by atoms with E-state index in [0.29, 0.717) is 35.8 Å². The monoisotopic (exact) mass is 481 g/mol. The third-order valence-electron chi connectivity index (χ3n) is 5.81. The lowest BCUT2D eigenvalue weighted by Gasteiger charge is -2.33. The van der Waals surface area contributed by atoms with Gasteiger partial charge >= 0.3 is 6.09 Å². The summed E-state index contributed by atoms with van der Waals surface area (Å²) in [6, 6.07) is 10.2. The summed E-state index contributed by atoms with van der Waals surface area (Å²) in [7, 11) is 0. The number of nitrogens with two attached hydrogens (primary N) is 1. The first kappa shape index (κ1) is 24.4. The molecule has 0 bridgehead atoms. The van der Waals surface area contributed by atoms with Crippen LogP contribution < -0.4 is 5.73 Å². The molecule has 7 nitrogen and oxygen atoms in total. The Bertz CT molecular complexity index is 1030. The molecule has 0 spiro atoms. The number of nitrogens with zero attached hydrogens (tertiary/aromatic N) is 3. The van der Waals surface area contributed by atoms with Gasteiger partial charge in [-0.15, -0.1) is 11.8 Å². The minimum atomic E-state index is -0.476. The van der Waals surface area contributed by atoms with Crippen LogP contribution in [0.15, 0.2) is 52.6 Å². The second-order valence-electron chi connectivity index (χ2n) is 9.98. The predicted octanol–water partition coefficient (Wildman–Crippen LogP) is 5.21. The van der Waals surface area contributed by atoms with E-state index < -0.39 is 5.60 Å². The van der Waals surface area contributed by atoms with E-state index in [9.17, 15) is 4.79 Å². The Morgan fingerprint density at radius 1 is 1.24 bits per heavy atom. The van der Waals surface area contributed by atoms with Crippen molar-refractivity contribution in [3.8, 4) is 0 Å². The lowest BCUT2D eigenvalue weighted by molar-refractivity contribution is 0.0219. The Morgan fingerprint density at radius 3 is 2.59 bits per heavy atom. The molecule has 8 heteroatoms. The minimum Gasteiger partial charge on any atom is -0.444 e. The molecule has 0 radical (unpaired) electrons. The summed E-state index contributed by atoms with van der Waals surface area (Å²) in [5.41, 5.74) is 9.08. The average molecular weight is 482 g/mol. The Kier molecular flexibility index (Phi) is 7.66. The molecule has 2 heterocycles. The standard InChI is InChI=1S/C26H35N5O2S/c1-26(2,3)33-25(32)31-13-11-20(12-14-31)34-23(27)15-21(28-16-18-7-5-4-6-8-18)24-29-17-22(30-24)19-9-10-19/h4-8,15,17,19-20H,9-14,16,27H2,1-3H3,(H,29,30). The minimum absolute atomic E-state index is 0.237. The Balaban J connectivity index is 1.40. The number of aliphatic imine (C=N–C) groups is 1. The molecular weight excluding hydrogens is 446 g/mol. The molecule has 1 amide bonds. The van der Waals surface area contributed by atoms with Crippen LogP contribution in [0.2, 0.25) is 0 Å². The maximum absolute atomic E-state index is 12.3. The van der Waals surface area contributed by atoms with E-state index in [2.05, 4.69) is 22.1 Å². The highest BCUT2D eigenvalue weighted by Crippen LogP contribution is 2.39. The highest BCUT2D eigenvalue weighted by atomic mass is 32.2. The maximum Gasteiger partial charge on any atom is 0.410 e. The smallest absolute Gasteiger partial charge is 0.410 e. The number of hydrogen-bond donors (Lipinski definition) is 2. The molecule has 2 fully saturated rings. The van der Waals surface area contributed by atoms with E-state index in [-0.39, 0.29) is 6.09 Å². The summed E-state index contributed by atoms with van der Waals surface area (Å²) in [5, 5.41) is 1.07. The second-order valence-corrected chi connectivity index (χ2v) is 11.4. The first-order valence-electron chi connectivity index (χ1n) is 12.0. The summed E-state index contributed by atoms with van der Waals surface area (Å²) in [6.45, 7) is 7.60. The number of hydrogen-bond acceptors (Lipinski definition) is 6. The highest BCUT2D eigenvalue weighted by Gasteiger charge is 2.28. The summed E-state index contributed by atoms with van der Waals surface area (Å²) in [5.74, 6) is 1.36. The SMILES string of the molecule is CC(C)(C)OC(=O)N1CCC(SC(N)=CC(=NCc2ccccc2)c2ncc(C3CC3)[nH]2)CC1. The van der Waals surface area contributed by atoms with Crippen molar-refractivity contribution >= 4 is 23.6 Å². The number of rotatable bonds is 7. The van der Waals surface area contributed by atoms with Gasteiger partial charge in [-0.2, -0.15) is 0 Å². The second kappa shape index (κ2) is 10.7. The Morgan fingerprint density at radius 2 is 1.94 bits per heavy atom. The fraction of sp³-hybridized carbons (Fsp3) is 0.500. The molecule has 182 valence electrons. The molecule has 0 unspecified atom stereocenters. The van der Waals surface area contributed by atoms with Crippen LogP contribution in [-0.4, -0.2) is 50.6 Å². The van der Waals surface area contributed by atoms with E-state index >= 15 is 0 Å². The molecule has 2 aliphatic rings. The van der Waals surface area contributed by atoms with Crippen molar-refractivity contribution in [2.24, 2.45) is 10.7 Å². The van der Waals surface area contributed by atoms with Gasteiger partial charge in [-0.1, -0.05) is 30.3 Å². The summed E-state index contributed by atoms with van der Waals surface area (Å²) in [6.07, 6.45) is 7.81. The average Bonchev–Trinajstić information content (AvgIpc) is 3.53. The van der Waals surface area contributed by atoms with E-state index in [1.807, 2.05) is 51.2 Å². The number of benzene rings is 1. The van der Waals surface area contributed by atoms with Crippen molar-refractivity contribution < 1.29 is 9.53 Å². The van der Waals surface area contributed by atoms with E-state index in [1.54, 1.807) is 16.7 Å². The van der Waals surface area contributed by atoms with Crippen LogP contribution >= 0.6 is 11.8 Å². The number of aromatic nitrogens is 2. The Labute approximate surface area is 206 Å². The van der Waals surface area contributed by atoms with Crippen molar-refractivity contribution in [1.82, 2.24) is 14.9 Å². The van der Waals surface area contributed by atoms with Gasteiger partial charge in [0.2, 0.25) is 0 Å². The number of piperidine rings is 1. The van der Waals surface area contributed by atoms with Crippen molar-refractivity contribution in [2.45, 2.75) is 69.8 Å². The molecule has 1 saturated heterocycles. The molecule has 34 heavy (non-hydrogen) atoms. The van der Waals surface area contributed by atoms with E-state index in [1.165, 1.54) is 18.5 Å². The first-order valence-corrected chi connectivity index (χ1v) is 12.9. The number of carbonyl (C=O) groups excluding carboxylic acids is 1. The molecule has 1 aromatic carbocycles. The normalized spacial score (nSPS) is 18.3. The quantitative estimate of drug-likeness (QED) is 0.529. The molecule has 0 atom stereocenters. The third kappa shape index (κ3) is 7.13. The molecule has 1 saturated carbocycles.